The van der Waals surface area contributed by atoms with Crippen LogP contribution < -0.4 is 4.74 Å². The molecule has 2 aromatic rings. The first-order valence-corrected chi connectivity index (χ1v) is 8.78. The van der Waals surface area contributed by atoms with E-state index in [1.165, 1.54) is 36.8 Å². The molecule has 0 aliphatic heterocycles. The Labute approximate surface area is 142 Å². The maximum absolute atomic E-state index is 12.3. The number of hydrogen-bond acceptors (Lipinski definition) is 3. The maximum Gasteiger partial charge on any atom is 0.289 e. The summed E-state index contributed by atoms with van der Waals surface area (Å²) in [7, 11) is 1.84. The number of amides is 1. The van der Waals surface area contributed by atoms with Crippen molar-refractivity contribution in [2.24, 2.45) is 5.92 Å². The third-order valence-electron chi connectivity index (χ3n) is 4.90. The number of aryl methyl sites for hydroxylation is 2. The van der Waals surface area contributed by atoms with Crippen LogP contribution in [0.25, 0.3) is 0 Å². The number of fused-ring (bicyclic) bond motifs is 1. The average molecular weight is 325 g/mol. The van der Waals surface area contributed by atoms with Crippen molar-refractivity contribution in [2.75, 3.05) is 13.6 Å². The van der Waals surface area contributed by atoms with E-state index in [1.807, 2.05) is 19.2 Å². The van der Waals surface area contributed by atoms with Gasteiger partial charge in [-0.1, -0.05) is 6.07 Å². The number of ether oxygens (including phenoxy) is 1. The second-order valence-corrected chi connectivity index (χ2v) is 6.97. The van der Waals surface area contributed by atoms with E-state index in [0.717, 1.165) is 18.7 Å². The van der Waals surface area contributed by atoms with Gasteiger partial charge in [-0.2, -0.15) is 0 Å². The van der Waals surface area contributed by atoms with Crippen molar-refractivity contribution in [3.05, 3.63) is 53.0 Å². The van der Waals surface area contributed by atoms with Crippen LogP contribution >= 0.6 is 0 Å². The highest BCUT2D eigenvalue weighted by molar-refractivity contribution is 5.91. The van der Waals surface area contributed by atoms with Gasteiger partial charge >= 0.3 is 0 Å². The van der Waals surface area contributed by atoms with Gasteiger partial charge in [-0.15, -0.1) is 0 Å². The van der Waals surface area contributed by atoms with Crippen molar-refractivity contribution >= 4 is 5.91 Å². The molecule has 1 amide bonds. The Morgan fingerprint density at radius 1 is 1.21 bits per heavy atom. The molecule has 0 saturated heterocycles. The van der Waals surface area contributed by atoms with E-state index in [0.29, 0.717) is 24.0 Å². The van der Waals surface area contributed by atoms with Crippen molar-refractivity contribution in [2.45, 2.75) is 38.7 Å². The highest BCUT2D eigenvalue weighted by atomic mass is 16.5. The number of rotatable bonds is 6. The first kappa shape index (κ1) is 15.3. The van der Waals surface area contributed by atoms with E-state index >= 15 is 0 Å². The molecule has 126 valence electrons. The summed E-state index contributed by atoms with van der Waals surface area (Å²) in [5.41, 5.74) is 2.83. The van der Waals surface area contributed by atoms with Crippen LogP contribution in [-0.2, 0) is 19.4 Å². The SMILES string of the molecule is CN(CC1CC1)C(=O)c1ccc(COc2ccc3c(c2)CCC3)o1. The number of benzene rings is 1. The molecule has 2 aliphatic carbocycles. The number of carbonyl (C=O) groups is 1. The zero-order valence-corrected chi connectivity index (χ0v) is 14.1. The molecule has 1 fully saturated rings. The number of furan rings is 1. The molecule has 0 unspecified atom stereocenters. The summed E-state index contributed by atoms with van der Waals surface area (Å²) >= 11 is 0. The highest BCUT2D eigenvalue weighted by Gasteiger charge is 2.26. The lowest BCUT2D eigenvalue weighted by Crippen LogP contribution is -2.28. The quantitative estimate of drug-likeness (QED) is 0.810. The molecular weight excluding hydrogens is 302 g/mol. The van der Waals surface area contributed by atoms with Gasteiger partial charge in [-0.3, -0.25) is 4.79 Å². The Morgan fingerprint density at radius 3 is 2.88 bits per heavy atom. The molecule has 1 aromatic heterocycles. The number of carbonyl (C=O) groups excluding carboxylic acids is 1. The van der Waals surface area contributed by atoms with E-state index in [2.05, 4.69) is 12.1 Å². The second kappa shape index (κ2) is 6.34. The van der Waals surface area contributed by atoms with Gasteiger partial charge in [0.25, 0.3) is 5.91 Å². The molecule has 4 heteroatoms. The Hall–Kier alpha value is -2.23. The largest absolute Gasteiger partial charge is 0.486 e. The second-order valence-electron chi connectivity index (χ2n) is 6.97. The van der Waals surface area contributed by atoms with Crippen molar-refractivity contribution < 1.29 is 13.9 Å². The normalized spacial score (nSPS) is 16.0. The third-order valence-corrected chi connectivity index (χ3v) is 4.90. The number of hydrogen-bond donors (Lipinski definition) is 0. The van der Waals surface area contributed by atoms with Crippen LogP contribution in [0.1, 0.15) is 46.7 Å². The first-order valence-electron chi connectivity index (χ1n) is 8.78. The Bertz CT molecular complexity index is 745. The molecule has 1 heterocycles. The predicted molar refractivity (Wildman–Crippen MR) is 91.2 cm³/mol. The van der Waals surface area contributed by atoms with Gasteiger partial charge in [-0.25, -0.2) is 0 Å². The molecular formula is C20H23NO3. The van der Waals surface area contributed by atoms with Crippen LogP contribution in [0, 0.1) is 5.92 Å². The van der Waals surface area contributed by atoms with Crippen LogP contribution in [0.2, 0.25) is 0 Å². The molecule has 0 bridgehead atoms. The van der Waals surface area contributed by atoms with Crippen molar-refractivity contribution in [1.29, 1.82) is 0 Å². The van der Waals surface area contributed by atoms with Crippen LogP contribution in [0.4, 0.5) is 0 Å². The summed E-state index contributed by atoms with van der Waals surface area (Å²) in [4.78, 5) is 14.1. The predicted octanol–water partition coefficient (Wildman–Crippen LogP) is 3.83. The molecule has 24 heavy (non-hydrogen) atoms. The molecule has 0 atom stereocenters. The summed E-state index contributed by atoms with van der Waals surface area (Å²) in [6, 6.07) is 9.86. The van der Waals surface area contributed by atoms with E-state index < -0.39 is 0 Å². The minimum absolute atomic E-state index is 0.0503. The fraction of sp³-hybridized carbons (Fsp3) is 0.450. The first-order chi connectivity index (χ1) is 11.7. The van der Waals surface area contributed by atoms with E-state index in [1.54, 1.807) is 11.0 Å². The Balaban J connectivity index is 1.35. The summed E-state index contributed by atoms with van der Waals surface area (Å²) < 4.78 is 11.5. The van der Waals surface area contributed by atoms with Gasteiger partial charge in [-0.05, 0) is 73.4 Å². The molecule has 1 saturated carbocycles. The maximum atomic E-state index is 12.3. The van der Waals surface area contributed by atoms with E-state index in [4.69, 9.17) is 9.15 Å². The van der Waals surface area contributed by atoms with Gasteiger partial charge in [0.1, 0.15) is 18.1 Å². The molecule has 0 N–H and O–H groups in total. The summed E-state index contributed by atoms with van der Waals surface area (Å²) in [6.07, 6.45) is 6.01. The van der Waals surface area contributed by atoms with E-state index in [-0.39, 0.29) is 5.91 Å². The lowest BCUT2D eigenvalue weighted by Gasteiger charge is -2.14. The summed E-state index contributed by atoms with van der Waals surface area (Å²) in [6.45, 7) is 1.17. The third kappa shape index (κ3) is 3.32. The molecule has 0 radical (unpaired) electrons. The van der Waals surface area contributed by atoms with Crippen molar-refractivity contribution in [3.8, 4) is 5.75 Å². The van der Waals surface area contributed by atoms with Gasteiger partial charge in [0, 0.05) is 13.6 Å². The highest BCUT2D eigenvalue weighted by Crippen LogP contribution is 2.30. The van der Waals surface area contributed by atoms with Gasteiger partial charge in [0.2, 0.25) is 0 Å². The zero-order chi connectivity index (χ0) is 16.5. The fourth-order valence-electron chi connectivity index (χ4n) is 3.32. The topological polar surface area (TPSA) is 42.7 Å². The monoisotopic (exact) mass is 325 g/mol. The van der Waals surface area contributed by atoms with Crippen LogP contribution in [-0.4, -0.2) is 24.4 Å². The smallest absolute Gasteiger partial charge is 0.289 e. The van der Waals surface area contributed by atoms with Gasteiger partial charge in [0.15, 0.2) is 5.76 Å². The van der Waals surface area contributed by atoms with Crippen LogP contribution in [0.15, 0.2) is 34.7 Å². The number of nitrogens with zero attached hydrogens (tertiary/aromatic N) is 1. The standard InChI is InChI=1S/C20H23NO3/c1-21(12-14-5-6-14)20(22)19-10-9-18(24-19)13-23-17-8-7-15-3-2-4-16(15)11-17/h7-11,14H,2-6,12-13H2,1H3. The lowest BCUT2D eigenvalue weighted by molar-refractivity contribution is 0.0753. The Kier molecular flexibility index (Phi) is 4.05. The van der Waals surface area contributed by atoms with Crippen molar-refractivity contribution in [1.82, 2.24) is 4.90 Å². The van der Waals surface area contributed by atoms with Crippen molar-refractivity contribution in [3.63, 3.8) is 0 Å². The van der Waals surface area contributed by atoms with Gasteiger partial charge in [0.05, 0.1) is 0 Å². The van der Waals surface area contributed by atoms with Crippen LogP contribution in [0.5, 0.6) is 5.75 Å². The summed E-state index contributed by atoms with van der Waals surface area (Å²) in [5.74, 6) is 2.57. The van der Waals surface area contributed by atoms with Gasteiger partial charge < -0.3 is 14.1 Å². The molecule has 4 nitrogen and oxygen atoms in total. The lowest BCUT2D eigenvalue weighted by atomic mass is 10.1. The Morgan fingerprint density at radius 2 is 2.04 bits per heavy atom. The average Bonchev–Trinajstić information content (AvgIpc) is 3.11. The molecule has 1 aromatic carbocycles. The summed E-state index contributed by atoms with van der Waals surface area (Å²) in [5, 5.41) is 0. The minimum Gasteiger partial charge on any atom is -0.486 e. The molecule has 4 rings (SSSR count). The fourth-order valence-corrected chi connectivity index (χ4v) is 3.32. The minimum atomic E-state index is -0.0503. The molecule has 0 spiro atoms. The zero-order valence-electron chi connectivity index (χ0n) is 14.1. The van der Waals surface area contributed by atoms with Crippen LogP contribution in [0.3, 0.4) is 0 Å². The molecule has 2 aliphatic rings. The van der Waals surface area contributed by atoms with E-state index in [9.17, 15) is 4.79 Å².